The average molecular weight is 174 g/mol. The van der Waals surface area contributed by atoms with E-state index in [0.29, 0.717) is 5.04 Å². The first-order valence-electron chi connectivity index (χ1n) is 4.49. The van der Waals surface area contributed by atoms with Crippen LogP contribution in [0.3, 0.4) is 0 Å². The zero-order valence-corrected chi connectivity index (χ0v) is 9.65. The zero-order valence-electron chi connectivity index (χ0n) is 8.49. The summed E-state index contributed by atoms with van der Waals surface area (Å²) in [4.78, 5) is 7.10. The molecule has 11 heavy (non-hydrogen) atoms. The lowest BCUT2D eigenvalue weighted by Gasteiger charge is -2.29. The van der Waals surface area contributed by atoms with Gasteiger partial charge in [0, 0.05) is 0 Å². The summed E-state index contributed by atoms with van der Waals surface area (Å²) >= 11 is 0. The van der Waals surface area contributed by atoms with Crippen molar-refractivity contribution >= 4 is 9.12 Å². The van der Waals surface area contributed by atoms with Gasteiger partial charge < -0.3 is 9.96 Å². The van der Waals surface area contributed by atoms with Crippen molar-refractivity contribution in [3.63, 3.8) is 0 Å². The normalized spacial score (nSPS) is 12.5. The van der Waals surface area contributed by atoms with Gasteiger partial charge in [0.2, 0.25) is 0 Å². The monoisotopic (exact) mass is 174 g/mol. The quantitative estimate of drug-likeness (QED) is 0.626. The van der Waals surface area contributed by atoms with Crippen LogP contribution in [0.25, 0.3) is 0 Å². The highest BCUT2D eigenvalue weighted by Crippen LogP contribution is 2.23. The Morgan fingerprint density at radius 3 is 1.55 bits per heavy atom. The summed E-state index contributed by atoms with van der Waals surface area (Å²) in [6, 6.07) is 0. The van der Waals surface area contributed by atoms with Gasteiger partial charge in [-0.1, -0.05) is 34.6 Å². The summed E-state index contributed by atoms with van der Waals surface area (Å²) in [5.74, 6) is 0. The van der Waals surface area contributed by atoms with E-state index in [-0.39, 0.29) is 0 Å². The van der Waals surface area contributed by atoms with Gasteiger partial charge in [0.05, 0.1) is 0 Å². The Labute approximate surface area is 72.5 Å². The van der Waals surface area contributed by atoms with E-state index in [1.165, 1.54) is 0 Å². The maximum Gasteiger partial charge on any atom is 0.190 e. The Morgan fingerprint density at radius 2 is 1.36 bits per heavy atom. The molecule has 0 atom stereocenters. The molecular formula is C8H22N2Si. The van der Waals surface area contributed by atoms with Crippen LogP contribution in [0.15, 0.2) is 0 Å². The molecule has 0 aliphatic rings. The molecule has 68 valence electrons. The van der Waals surface area contributed by atoms with Gasteiger partial charge in [0.25, 0.3) is 0 Å². The van der Waals surface area contributed by atoms with Crippen LogP contribution >= 0.6 is 0 Å². The molecule has 0 aliphatic heterocycles. The van der Waals surface area contributed by atoms with Crippen LogP contribution in [-0.4, -0.2) is 22.2 Å². The summed E-state index contributed by atoms with van der Waals surface area (Å²) in [5, 5.41) is 0.437. The third-order valence-electron chi connectivity index (χ3n) is 1.68. The predicted octanol–water partition coefficient (Wildman–Crippen LogP) is 1.23. The smallest absolute Gasteiger partial charge is 0.190 e. The van der Waals surface area contributed by atoms with Gasteiger partial charge in [-0.3, -0.25) is 0 Å². The minimum atomic E-state index is -0.922. The van der Waals surface area contributed by atoms with Gasteiger partial charge in [-0.05, 0) is 18.1 Å². The zero-order chi connectivity index (χ0) is 8.91. The maximum atomic E-state index is 3.55. The van der Waals surface area contributed by atoms with Gasteiger partial charge in [0.1, 0.15) is 0 Å². The van der Waals surface area contributed by atoms with Crippen molar-refractivity contribution < 1.29 is 0 Å². The molecule has 0 aromatic rings. The van der Waals surface area contributed by atoms with E-state index >= 15 is 0 Å². The summed E-state index contributed by atoms with van der Waals surface area (Å²) in [6.45, 7) is 13.4. The molecule has 0 spiro atoms. The fourth-order valence-electron chi connectivity index (χ4n) is 1.09. The van der Waals surface area contributed by atoms with Crippen molar-refractivity contribution in [3.8, 4) is 0 Å². The summed E-state index contributed by atoms with van der Waals surface area (Å²) < 4.78 is 0. The molecule has 0 aliphatic carbocycles. The molecule has 2 nitrogen and oxygen atoms in total. The van der Waals surface area contributed by atoms with Crippen LogP contribution in [0, 0.1) is 0 Å². The molecule has 0 aromatic heterocycles. The first-order valence-corrected chi connectivity index (χ1v) is 6.22. The van der Waals surface area contributed by atoms with Crippen molar-refractivity contribution in [1.82, 2.24) is 9.96 Å². The Hall–Kier alpha value is 0.137. The van der Waals surface area contributed by atoms with Crippen LogP contribution in [0.1, 0.15) is 34.6 Å². The molecule has 0 radical (unpaired) electrons. The van der Waals surface area contributed by atoms with Gasteiger partial charge >= 0.3 is 0 Å². The van der Waals surface area contributed by atoms with Crippen molar-refractivity contribution in [1.29, 1.82) is 0 Å². The molecule has 0 saturated heterocycles. The third-order valence-corrected chi connectivity index (χ3v) is 5.05. The molecule has 0 amide bonds. The second-order valence-corrected chi connectivity index (χ2v) is 7.33. The molecule has 0 aromatic carbocycles. The van der Waals surface area contributed by atoms with E-state index < -0.39 is 9.12 Å². The summed E-state index contributed by atoms with van der Waals surface area (Å²) in [5.41, 5.74) is 0. The predicted molar refractivity (Wildman–Crippen MR) is 54.2 cm³/mol. The standard InChI is InChI=1S/C8H22N2Si/c1-6-9-11(10-7-2)8(3,4)5/h9-11H,6-7H2,1-5H3. The number of hydrogen-bond acceptors (Lipinski definition) is 2. The molecular weight excluding hydrogens is 152 g/mol. The lowest BCUT2D eigenvalue weighted by Crippen LogP contribution is -2.53. The Bertz CT molecular complexity index is 92.8. The Kier molecular flexibility index (Phi) is 4.96. The minimum absolute atomic E-state index is 0.437. The molecule has 0 saturated carbocycles. The lowest BCUT2D eigenvalue weighted by molar-refractivity contribution is 0.679. The van der Waals surface area contributed by atoms with Crippen molar-refractivity contribution in [2.24, 2.45) is 0 Å². The van der Waals surface area contributed by atoms with Gasteiger partial charge in [0.15, 0.2) is 9.12 Å². The molecule has 0 rings (SSSR count). The molecule has 0 fully saturated rings. The molecule has 0 heterocycles. The number of nitrogens with one attached hydrogen (secondary N) is 2. The first kappa shape index (κ1) is 11.1. The van der Waals surface area contributed by atoms with Crippen LogP contribution in [0.2, 0.25) is 5.04 Å². The highest BCUT2D eigenvalue weighted by molar-refractivity contribution is 6.56. The van der Waals surface area contributed by atoms with E-state index in [4.69, 9.17) is 0 Å². The van der Waals surface area contributed by atoms with Gasteiger partial charge in [-0.25, -0.2) is 0 Å². The Balaban J connectivity index is 3.88. The highest BCUT2D eigenvalue weighted by atomic mass is 28.3. The molecule has 3 heteroatoms. The van der Waals surface area contributed by atoms with Crippen LogP contribution in [0.5, 0.6) is 0 Å². The van der Waals surface area contributed by atoms with Crippen molar-refractivity contribution in [3.05, 3.63) is 0 Å². The van der Waals surface area contributed by atoms with E-state index in [1.807, 2.05) is 0 Å². The molecule has 2 N–H and O–H groups in total. The van der Waals surface area contributed by atoms with Crippen molar-refractivity contribution in [2.45, 2.75) is 39.7 Å². The summed E-state index contributed by atoms with van der Waals surface area (Å²) in [6.07, 6.45) is 0. The topological polar surface area (TPSA) is 24.1 Å². The van der Waals surface area contributed by atoms with Gasteiger partial charge in [-0.15, -0.1) is 0 Å². The van der Waals surface area contributed by atoms with Crippen LogP contribution in [0.4, 0.5) is 0 Å². The molecule has 0 unspecified atom stereocenters. The van der Waals surface area contributed by atoms with E-state index in [2.05, 4.69) is 44.6 Å². The van der Waals surface area contributed by atoms with Crippen LogP contribution in [-0.2, 0) is 0 Å². The molecule has 0 bridgehead atoms. The lowest BCUT2D eigenvalue weighted by atomic mass is 10.3. The fourth-order valence-corrected chi connectivity index (χ4v) is 3.28. The van der Waals surface area contributed by atoms with Crippen LogP contribution < -0.4 is 9.96 Å². The second kappa shape index (κ2) is 4.90. The largest absolute Gasteiger partial charge is 0.328 e. The SMILES string of the molecule is CCN[SiH](NCC)C(C)(C)C. The second-order valence-electron chi connectivity index (χ2n) is 3.91. The van der Waals surface area contributed by atoms with E-state index in [1.54, 1.807) is 0 Å². The Morgan fingerprint density at radius 1 is 1.00 bits per heavy atom. The van der Waals surface area contributed by atoms with Crippen molar-refractivity contribution in [2.75, 3.05) is 13.1 Å². The number of rotatable bonds is 4. The number of hydrogen-bond donors (Lipinski definition) is 2. The summed E-state index contributed by atoms with van der Waals surface area (Å²) in [7, 11) is -0.922. The van der Waals surface area contributed by atoms with E-state index in [9.17, 15) is 0 Å². The van der Waals surface area contributed by atoms with Gasteiger partial charge in [-0.2, -0.15) is 0 Å². The maximum absolute atomic E-state index is 3.55. The highest BCUT2D eigenvalue weighted by Gasteiger charge is 2.24. The van der Waals surface area contributed by atoms with E-state index in [0.717, 1.165) is 13.1 Å². The fraction of sp³-hybridized carbons (Fsp3) is 1.00. The average Bonchev–Trinajstić information content (AvgIpc) is 1.85. The third kappa shape index (κ3) is 4.56. The minimum Gasteiger partial charge on any atom is -0.328 e. The first-order chi connectivity index (χ1) is 5.02.